The second-order valence-electron chi connectivity index (χ2n) is 5.45. The summed E-state index contributed by atoms with van der Waals surface area (Å²) in [4.78, 5) is 7.00. The molecule has 0 radical (unpaired) electrons. The van der Waals surface area contributed by atoms with E-state index in [0.717, 1.165) is 5.52 Å². The van der Waals surface area contributed by atoms with Gasteiger partial charge in [-0.15, -0.1) is 0 Å². The maximum Gasteiger partial charge on any atom is 0.0702 e. The lowest BCUT2D eigenvalue weighted by Crippen LogP contribution is -2.30. The molecule has 0 spiro atoms. The van der Waals surface area contributed by atoms with Gasteiger partial charge < -0.3 is 0 Å². The van der Waals surface area contributed by atoms with Crippen LogP contribution in [0.15, 0.2) is 36.5 Å². The number of likely N-dealkylation sites (tertiary alicyclic amines) is 1. The number of aromatic nitrogens is 1. The molecule has 18 heavy (non-hydrogen) atoms. The molecule has 0 unspecified atom stereocenters. The van der Waals surface area contributed by atoms with Crippen molar-refractivity contribution in [3.05, 3.63) is 42.1 Å². The molecule has 2 heterocycles. The average molecular weight is 240 g/mol. The van der Waals surface area contributed by atoms with Gasteiger partial charge in [0, 0.05) is 23.7 Å². The van der Waals surface area contributed by atoms with Crippen LogP contribution in [0.3, 0.4) is 0 Å². The van der Waals surface area contributed by atoms with Crippen LogP contribution in [0, 0.1) is 0 Å². The van der Waals surface area contributed by atoms with Crippen molar-refractivity contribution in [1.29, 1.82) is 0 Å². The highest BCUT2D eigenvalue weighted by Gasteiger charge is 2.27. The molecule has 0 saturated carbocycles. The zero-order chi connectivity index (χ0) is 12.5. The molecule has 94 valence electrons. The first-order valence-corrected chi connectivity index (χ1v) is 6.86. The third kappa shape index (κ3) is 2.01. The van der Waals surface area contributed by atoms with Gasteiger partial charge in [-0.05, 0) is 57.0 Å². The fourth-order valence-electron chi connectivity index (χ4n) is 3.07. The van der Waals surface area contributed by atoms with Crippen LogP contribution in [0.1, 0.15) is 38.3 Å². The smallest absolute Gasteiger partial charge is 0.0702 e. The standard InChI is InChI=1S/C16H20N2/c1-12(2)18-10-4-6-16(18)14-7-8-15-13(11-14)5-3-9-17-15/h3,5,7-9,11-12,16H,4,6,10H2,1-2H3/t16-/m1/s1. The van der Waals surface area contributed by atoms with Crippen LogP contribution in [0.4, 0.5) is 0 Å². The highest BCUT2D eigenvalue weighted by atomic mass is 15.2. The summed E-state index contributed by atoms with van der Waals surface area (Å²) in [5.74, 6) is 0. The van der Waals surface area contributed by atoms with Gasteiger partial charge >= 0.3 is 0 Å². The summed E-state index contributed by atoms with van der Waals surface area (Å²) >= 11 is 0. The van der Waals surface area contributed by atoms with Gasteiger partial charge in [0.1, 0.15) is 0 Å². The van der Waals surface area contributed by atoms with Gasteiger partial charge in [-0.3, -0.25) is 9.88 Å². The predicted molar refractivity (Wildman–Crippen MR) is 75.6 cm³/mol. The Morgan fingerprint density at radius 3 is 3.00 bits per heavy atom. The van der Waals surface area contributed by atoms with E-state index in [-0.39, 0.29) is 0 Å². The van der Waals surface area contributed by atoms with E-state index in [9.17, 15) is 0 Å². The fourth-order valence-corrected chi connectivity index (χ4v) is 3.07. The third-order valence-electron chi connectivity index (χ3n) is 3.97. The SMILES string of the molecule is CC(C)N1CCC[C@@H]1c1ccc2ncccc2c1. The maximum absolute atomic E-state index is 4.39. The molecule has 1 atom stereocenters. The van der Waals surface area contributed by atoms with Crippen molar-refractivity contribution < 1.29 is 0 Å². The number of nitrogens with zero attached hydrogens (tertiary/aromatic N) is 2. The van der Waals surface area contributed by atoms with Gasteiger partial charge in [-0.2, -0.15) is 0 Å². The molecule has 0 aliphatic carbocycles. The quantitative estimate of drug-likeness (QED) is 0.794. The lowest BCUT2D eigenvalue weighted by molar-refractivity contribution is 0.205. The van der Waals surface area contributed by atoms with Crippen molar-refractivity contribution in [2.24, 2.45) is 0 Å². The Balaban J connectivity index is 1.98. The monoisotopic (exact) mass is 240 g/mol. The molecule has 0 amide bonds. The second kappa shape index (κ2) is 4.69. The van der Waals surface area contributed by atoms with E-state index in [1.807, 2.05) is 12.3 Å². The van der Waals surface area contributed by atoms with E-state index in [1.165, 1.54) is 30.3 Å². The first-order valence-electron chi connectivity index (χ1n) is 6.86. The molecular formula is C16H20N2. The first kappa shape index (κ1) is 11.7. The molecule has 1 fully saturated rings. The van der Waals surface area contributed by atoms with Crippen molar-refractivity contribution in [3.63, 3.8) is 0 Å². The van der Waals surface area contributed by atoms with Crippen LogP contribution in [0.2, 0.25) is 0 Å². The highest BCUT2D eigenvalue weighted by Crippen LogP contribution is 2.34. The number of benzene rings is 1. The minimum atomic E-state index is 0.592. The predicted octanol–water partition coefficient (Wildman–Crippen LogP) is 3.78. The van der Waals surface area contributed by atoms with Crippen LogP contribution >= 0.6 is 0 Å². The van der Waals surface area contributed by atoms with E-state index in [0.29, 0.717) is 12.1 Å². The van der Waals surface area contributed by atoms with Gasteiger partial charge in [0.25, 0.3) is 0 Å². The molecule has 2 aromatic rings. The van der Waals surface area contributed by atoms with Crippen molar-refractivity contribution >= 4 is 10.9 Å². The van der Waals surface area contributed by atoms with E-state index >= 15 is 0 Å². The van der Waals surface area contributed by atoms with Crippen molar-refractivity contribution in [2.75, 3.05) is 6.54 Å². The highest BCUT2D eigenvalue weighted by molar-refractivity contribution is 5.79. The Kier molecular flexibility index (Phi) is 3.04. The molecule has 2 heteroatoms. The molecule has 1 aliphatic heterocycles. The lowest BCUT2D eigenvalue weighted by atomic mass is 10.0. The number of pyridine rings is 1. The molecular weight excluding hydrogens is 220 g/mol. The second-order valence-corrected chi connectivity index (χ2v) is 5.45. The third-order valence-corrected chi connectivity index (χ3v) is 3.97. The molecule has 1 aliphatic rings. The summed E-state index contributed by atoms with van der Waals surface area (Å²) in [5, 5.41) is 1.26. The minimum absolute atomic E-state index is 0.592. The summed E-state index contributed by atoms with van der Waals surface area (Å²) in [7, 11) is 0. The van der Waals surface area contributed by atoms with E-state index in [4.69, 9.17) is 0 Å². The maximum atomic E-state index is 4.39. The topological polar surface area (TPSA) is 16.1 Å². The summed E-state index contributed by atoms with van der Waals surface area (Å²) in [5.41, 5.74) is 2.54. The van der Waals surface area contributed by atoms with Gasteiger partial charge in [-0.25, -0.2) is 0 Å². The molecule has 2 nitrogen and oxygen atoms in total. The zero-order valence-corrected chi connectivity index (χ0v) is 11.1. The Morgan fingerprint density at radius 1 is 1.28 bits per heavy atom. The Bertz CT molecular complexity index is 548. The van der Waals surface area contributed by atoms with Crippen LogP contribution in [-0.4, -0.2) is 22.5 Å². The van der Waals surface area contributed by atoms with E-state index < -0.39 is 0 Å². The Labute approximate surface area is 109 Å². The molecule has 1 saturated heterocycles. The van der Waals surface area contributed by atoms with Crippen LogP contribution in [0.25, 0.3) is 10.9 Å². The molecule has 1 aromatic carbocycles. The molecule has 3 rings (SSSR count). The average Bonchev–Trinajstić information content (AvgIpc) is 2.87. The molecule has 1 aromatic heterocycles. The van der Waals surface area contributed by atoms with Crippen LogP contribution < -0.4 is 0 Å². The van der Waals surface area contributed by atoms with Gasteiger partial charge in [0.2, 0.25) is 0 Å². The van der Waals surface area contributed by atoms with Crippen LogP contribution in [-0.2, 0) is 0 Å². The van der Waals surface area contributed by atoms with Crippen molar-refractivity contribution in [2.45, 2.75) is 38.8 Å². The summed E-state index contributed by atoms with van der Waals surface area (Å²) < 4.78 is 0. The Hall–Kier alpha value is -1.41. The first-order chi connectivity index (χ1) is 8.75. The Morgan fingerprint density at radius 2 is 2.17 bits per heavy atom. The lowest BCUT2D eigenvalue weighted by Gasteiger charge is -2.28. The number of rotatable bonds is 2. The van der Waals surface area contributed by atoms with E-state index in [1.54, 1.807) is 0 Å². The minimum Gasteiger partial charge on any atom is -0.294 e. The largest absolute Gasteiger partial charge is 0.294 e. The molecule has 0 N–H and O–H groups in total. The van der Waals surface area contributed by atoms with Gasteiger partial charge in [-0.1, -0.05) is 12.1 Å². The summed E-state index contributed by atoms with van der Waals surface area (Å²) in [6.07, 6.45) is 4.45. The summed E-state index contributed by atoms with van der Waals surface area (Å²) in [6.45, 7) is 5.81. The number of hydrogen-bond donors (Lipinski definition) is 0. The number of fused-ring (bicyclic) bond motifs is 1. The fraction of sp³-hybridized carbons (Fsp3) is 0.438. The van der Waals surface area contributed by atoms with Gasteiger partial charge in [0.05, 0.1) is 5.52 Å². The molecule has 0 bridgehead atoms. The van der Waals surface area contributed by atoms with Crippen molar-refractivity contribution in [1.82, 2.24) is 9.88 Å². The normalized spacial score (nSPS) is 20.9. The van der Waals surface area contributed by atoms with Crippen molar-refractivity contribution in [3.8, 4) is 0 Å². The van der Waals surface area contributed by atoms with E-state index in [2.05, 4.69) is 48.0 Å². The van der Waals surface area contributed by atoms with Crippen LogP contribution in [0.5, 0.6) is 0 Å². The zero-order valence-electron chi connectivity index (χ0n) is 11.1. The van der Waals surface area contributed by atoms with Gasteiger partial charge in [0.15, 0.2) is 0 Å². The summed E-state index contributed by atoms with van der Waals surface area (Å²) in [6, 6.07) is 12.1. The number of hydrogen-bond acceptors (Lipinski definition) is 2.